The topological polar surface area (TPSA) is 267 Å². The summed E-state index contributed by atoms with van der Waals surface area (Å²) >= 11 is 0. The van der Waals surface area contributed by atoms with Gasteiger partial charge in [0.1, 0.15) is 0 Å². The number of rotatable bonds is 3. The van der Waals surface area contributed by atoms with Gasteiger partial charge in [0.2, 0.25) is 0 Å². The van der Waals surface area contributed by atoms with Crippen LogP contribution in [-0.2, 0) is 31.5 Å². The second kappa shape index (κ2) is 29.1. The van der Waals surface area contributed by atoms with Crippen LogP contribution in [0.15, 0.2) is 248 Å². The van der Waals surface area contributed by atoms with E-state index in [1.165, 1.54) is 36.9 Å². The van der Waals surface area contributed by atoms with Gasteiger partial charge in [0.05, 0.1) is 103 Å². The van der Waals surface area contributed by atoms with Crippen LogP contribution in [-0.4, -0.2) is 55.2 Å². The number of aliphatic imine (C=N–C) groups is 6. The Labute approximate surface area is 447 Å². The summed E-state index contributed by atoms with van der Waals surface area (Å²) < 4.78 is 0. The Kier molecular flexibility index (Phi) is 21.0. The van der Waals surface area contributed by atoms with Gasteiger partial charge in [-0.3, -0.25) is 30.0 Å². The SMILES string of the molecule is O=C([O-])C1=CC=Nc2ccccc2NC=CC=Nc2ccccc2N1.O=C([O-])C1=CC=Nc2ccccc2NC=CC=Nc2ccccc2N1.O=C([O-])C1=CC=Nc2ccccc2NC=CC=Nc2ccccc2N1.[Fe+3]. The number of hydrogen-bond donors (Lipinski definition) is 6. The number of nitrogens with one attached hydrogen (secondary N) is 6. The molecule has 9 rings (SSSR count). The number of carboxylic acid groups (broad SMARTS) is 3. The van der Waals surface area contributed by atoms with Crippen molar-refractivity contribution in [2.45, 2.75) is 0 Å². The maximum atomic E-state index is 11.4. The molecule has 0 fully saturated rings. The number of anilines is 6. The Morgan fingerprint density at radius 2 is 0.513 bits per heavy atom. The van der Waals surface area contributed by atoms with E-state index in [0.717, 1.165) is 17.1 Å². The maximum Gasteiger partial charge on any atom is 3.00 e. The van der Waals surface area contributed by atoms with Crippen molar-refractivity contribution >= 4 is 123 Å². The zero-order chi connectivity index (χ0) is 52.5. The zero-order valence-corrected chi connectivity index (χ0v) is 41.1. The smallest absolute Gasteiger partial charge is 0.543 e. The van der Waals surface area contributed by atoms with Crippen molar-refractivity contribution in [2.24, 2.45) is 30.0 Å². The van der Waals surface area contributed by atoms with E-state index in [4.69, 9.17) is 0 Å². The van der Waals surface area contributed by atoms with Gasteiger partial charge in [-0.25, -0.2) is 0 Å². The standard InChI is InChI=1S/3C19H16N4O2.Fe/c3*24-19(25)18-10-13-22-15-7-2-1-6-14(15)20-11-5-12-21-16-8-3-4-9-17(16)23-18;/h3*1-13,20,23H,(H,24,25);/q;;;+3/p-3. The number of hydrogen-bond acceptors (Lipinski definition) is 18. The molecule has 19 heteroatoms. The molecule has 1 radical (unpaired) electrons. The number of para-hydroxylation sites is 12. The van der Waals surface area contributed by atoms with Crippen molar-refractivity contribution in [3.05, 3.63) is 218 Å². The van der Waals surface area contributed by atoms with Crippen LogP contribution in [0.25, 0.3) is 0 Å². The predicted octanol–water partition coefficient (Wildman–Crippen LogP) is 8.33. The third kappa shape index (κ3) is 16.8. The summed E-state index contributed by atoms with van der Waals surface area (Å²) in [6.45, 7) is 0. The molecular formula is C57H45FeN12O6. The molecule has 6 aromatic rings. The molecular weight excluding hydrogens is 1000 g/mol. The number of carboxylic acids is 3. The van der Waals surface area contributed by atoms with Crippen LogP contribution >= 0.6 is 0 Å². The summed E-state index contributed by atoms with van der Waals surface area (Å²) in [5, 5.41) is 52.0. The molecule has 18 nitrogen and oxygen atoms in total. The van der Waals surface area contributed by atoms with E-state index in [0.29, 0.717) is 51.2 Å². The molecule has 0 unspecified atom stereocenters. The van der Waals surface area contributed by atoms with Crippen molar-refractivity contribution in [3.8, 4) is 0 Å². The monoisotopic (exact) mass is 1050 g/mol. The summed E-state index contributed by atoms with van der Waals surface area (Å²) in [4.78, 5) is 60.1. The minimum absolute atomic E-state index is 0. The van der Waals surface area contributed by atoms with Gasteiger partial charge in [-0.2, -0.15) is 0 Å². The summed E-state index contributed by atoms with van der Waals surface area (Å²) in [5.41, 5.74) is 7.56. The van der Waals surface area contributed by atoms with Gasteiger partial charge in [0, 0.05) is 55.9 Å². The minimum atomic E-state index is -1.33. The molecule has 0 saturated heterocycles. The van der Waals surface area contributed by atoms with Gasteiger partial charge >= 0.3 is 17.1 Å². The van der Waals surface area contributed by atoms with Gasteiger partial charge < -0.3 is 61.6 Å². The average Bonchev–Trinajstić information content (AvgIpc) is 3.42. The van der Waals surface area contributed by atoms with Gasteiger partial charge in [-0.15, -0.1) is 0 Å². The molecule has 377 valence electrons. The van der Waals surface area contributed by atoms with Crippen LogP contribution in [0.4, 0.5) is 68.2 Å². The Bertz CT molecular complexity index is 3060. The number of nitrogens with zero attached hydrogens (tertiary/aromatic N) is 6. The molecule has 0 saturated carbocycles. The summed E-state index contributed by atoms with van der Waals surface area (Å²) in [6, 6.07) is 43.7. The van der Waals surface area contributed by atoms with Crippen LogP contribution in [0, 0.1) is 0 Å². The largest absolute Gasteiger partial charge is 3.00 e. The Morgan fingerprint density at radius 1 is 0.303 bits per heavy atom. The fourth-order valence-electron chi connectivity index (χ4n) is 6.61. The Morgan fingerprint density at radius 3 is 0.763 bits per heavy atom. The third-order valence-corrected chi connectivity index (χ3v) is 10.2. The molecule has 0 aliphatic carbocycles. The van der Waals surface area contributed by atoms with E-state index in [9.17, 15) is 29.7 Å². The fraction of sp³-hybridized carbons (Fsp3) is 0. The zero-order valence-electron chi connectivity index (χ0n) is 40.0. The van der Waals surface area contributed by atoms with Crippen molar-refractivity contribution in [1.29, 1.82) is 0 Å². The van der Waals surface area contributed by atoms with E-state index in [1.54, 1.807) is 110 Å². The first-order valence-electron chi connectivity index (χ1n) is 22.8. The first-order chi connectivity index (χ1) is 36.7. The van der Waals surface area contributed by atoms with Crippen molar-refractivity contribution in [1.82, 2.24) is 0 Å². The van der Waals surface area contributed by atoms with Crippen molar-refractivity contribution < 1.29 is 46.8 Å². The first kappa shape index (κ1) is 54.8. The van der Waals surface area contributed by atoms with E-state index < -0.39 is 17.9 Å². The molecule has 76 heavy (non-hydrogen) atoms. The fourth-order valence-corrected chi connectivity index (χ4v) is 6.61. The molecule has 0 aromatic heterocycles. The molecule has 3 aliphatic rings. The first-order valence-corrected chi connectivity index (χ1v) is 22.8. The third-order valence-electron chi connectivity index (χ3n) is 10.2. The quantitative estimate of drug-likeness (QED) is 0.0914. The van der Waals surface area contributed by atoms with E-state index in [2.05, 4.69) is 61.9 Å². The average molecular weight is 1050 g/mol. The van der Waals surface area contributed by atoms with Crippen molar-refractivity contribution in [2.75, 3.05) is 31.9 Å². The second-order valence-corrected chi connectivity index (χ2v) is 15.3. The molecule has 0 spiro atoms. The van der Waals surface area contributed by atoms with Crippen LogP contribution < -0.4 is 47.2 Å². The van der Waals surface area contributed by atoms with E-state index >= 15 is 0 Å². The summed E-state index contributed by atoms with van der Waals surface area (Å²) in [5.74, 6) is -3.99. The maximum absolute atomic E-state index is 11.4. The van der Waals surface area contributed by atoms with Crippen LogP contribution in [0.2, 0.25) is 0 Å². The Balaban J connectivity index is 0.000000184. The van der Waals surface area contributed by atoms with Crippen molar-refractivity contribution in [3.63, 3.8) is 0 Å². The molecule has 0 bridgehead atoms. The van der Waals surface area contributed by atoms with E-state index in [-0.39, 0.29) is 34.2 Å². The summed E-state index contributed by atoms with van der Waals surface area (Å²) in [7, 11) is 0. The van der Waals surface area contributed by atoms with Crippen LogP contribution in [0.3, 0.4) is 0 Å². The number of carbonyl (C=O) groups is 3. The predicted molar refractivity (Wildman–Crippen MR) is 296 cm³/mol. The van der Waals surface area contributed by atoms with Gasteiger partial charge in [-0.1, -0.05) is 72.8 Å². The number of fused-ring (bicyclic) bond motifs is 6. The minimum Gasteiger partial charge on any atom is -0.543 e. The molecule has 6 aromatic carbocycles. The second-order valence-electron chi connectivity index (χ2n) is 15.3. The molecule has 3 aliphatic heterocycles. The van der Waals surface area contributed by atoms with Crippen LogP contribution in [0.1, 0.15) is 0 Å². The normalized spacial score (nSPS) is 13.3. The number of carbonyl (C=O) groups excluding carboxylic acids is 3. The van der Waals surface area contributed by atoms with Gasteiger partial charge in [0.15, 0.2) is 0 Å². The van der Waals surface area contributed by atoms with Gasteiger partial charge in [-0.05, 0) is 109 Å². The summed E-state index contributed by atoms with van der Waals surface area (Å²) in [6.07, 6.45) is 23.7. The molecule has 0 amide bonds. The molecule has 3 heterocycles. The number of aliphatic carboxylic acids is 3. The van der Waals surface area contributed by atoms with Crippen LogP contribution in [0.5, 0.6) is 0 Å². The Hall–Kier alpha value is -10.5. The molecule has 0 atom stereocenters. The number of allylic oxidation sites excluding steroid dienone is 6. The number of benzene rings is 6. The molecule has 6 N–H and O–H groups in total. The van der Waals surface area contributed by atoms with E-state index in [1.807, 2.05) is 91.0 Å². The van der Waals surface area contributed by atoms with Gasteiger partial charge in [0.25, 0.3) is 0 Å².